The third kappa shape index (κ3) is 7.54. The van der Waals surface area contributed by atoms with Crippen LogP contribution < -0.4 is 0 Å². The lowest BCUT2D eigenvalue weighted by molar-refractivity contribution is -0.164. The minimum absolute atomic E-state index is 0.118. The van der Waals surface area contributed by atoms with Crippen molar-refractivity contribution in [3.05, 3.63) is 24.8 Å². The first-order chi connectivity index (χ1) is 11.9. The van der Waals surface area contributed by atoms with E-state index in [4.69, 9.17) is 9.47 Å². The van der Waals surface area contributed by atoms with Gasteiger partial charge < -0.3 is 9.47 Å². The zero-order valence-electron chi connectivity index (χ0n) is 19.8. The van der Waals surface area contributed by atoms with E-state index in [-0.39, 0.29) is 22.9 Å². The van der Waals surface area contributed by atoms with Crippen LogP contribution in [0.25, 0.3) is 0 Å². The quantitative estimate of drug-likeness (QED) is 0.405. The van der Waals surface area contributed by atoms with E-state index in [0.717, 1.165) is 12.0 Å². The summed E-state index contributed by atoms with van der Waals surface area (Å²) in [5, 5.41) is 0. The van der Waals surface area contributed by atoms with Crippen LogP contribution in [0, 0.1) is 10.8 Å². The Morgan fingerprint density at radius 1 is 0.963 bits per heavy atom. The van der Waals surface area contributed by atoms with Crippen molar-refractivity contribution in [2.45, 2.75) is 112 Å². The zero-order valence-corrected chi connectivity index (χ0v) is 19.8. The number of carbonyl (C=O) groups excluding carboxylic acids is 1. The molecule has 0 radical (unpaired) electrons. The molecule has 0 heterocycles. The van der Waals surface area contributed by atoms with Gasteiger partial charge in [-0.05, 0) is 60.0 Å². The lowest BCUT2D eigenvalue weighted by Gasteiger charge is -2.47. The van der Waals surface area contributed by atoms with Gasteiger partial charge >= 0.3 is 0 Å². The number of ketones is 1. The van der Waals surface area contributed by atoms with E-state index in [1.165, 1.54) is 0 Å². The average molecular weight is 381 g/mol. The van der Waals surface area contributed by atoms with Gasteiger partial charge in [0.2, 0.25) is 0 Å². The average Bonchev–Trinajstić information content (AvgIpc) is 2.46. The van der Waals surface area contributed by atoms with Gasteiger partial charge in [0.25, 0.3) is 0 Å². The second-order valence-corrected chi connectivity index (χ2v) is 10.6. The second kappa shape index (κ2) is 9.05. The summed E-state index contributed by atoms with van der Waals surface area (Å²) in [5.74, 6) is 0.123. The summed E-state index contributed by atoms with van der Waals surface area (Å²) in [6.45, 7) is 30.4. The Morgan fingerprint density at radius 2 is 1.44 bits per heavy atom. The highest BCUT2D eigenvalue weighted by Crippen LogP contribution is 2.43. The van der Waals surface area contributed by atoms with E-state index in [2.05, 4.69) is 27.0 Å². The number of hydrogen-bond acceptors (Lipinski definition) is 3. The Morgan fingerprint density at radius 3 is 1.81 bits per heavy atom. The number of hydrogen-bond donors (Lipinski definition) is 0. The Balaban J connectivity index is 5.60. The molecule has 0 aromatic carbocycles. The van der Waals surface area contributed by atoms with Crippen LogP contribution in [-0.4, -0.2) is 29.2 Å². The number of Topliss-reactive ketones (excluding diaryl/α,β-unsaturated/α-hetero) is 1. The molecular formula is C24H44O3. The largest absolute Gasteiger partial charge is 0.369 e. The maximum atomic E-state index is 13.0. The van der Waals surface area contributed by atoms with Crippen LogP contribution in [-0.2, 0) is 14.3 Å². The Kier molecular flexibility index (Phi) is 8.73. The summed E-state index contributed by atoms with van der Waals surface area (Å²) in [5.41, 5.74) is -0.716. The monoisotopic (exact) mass is 380 g/mol. The Bertz CT molecular complexity index is 527. The van der Waals surface area contributed by atoms with Crippen molar-refractivity contribution in [3.63, 3.8) is 0 Å². The molecule has 0 rings (SSSR count). The zero-order chi connectivity index (χ0) is 21.8. The van der Waals surface area contributed by atoms with Crippen LogP contribution in [0.4, 0.5) is 0 Å². The highest BCUT2D eigenvalue weighted by atomic mass is 16.5. The van der Waals surface area contributed by atoms with E-state index in [1.54, 1.807) is 0 Å². The summed E-state index contributed by atoms with van der Waals surface area (Å²) >= 11 is 0. The van der Waals surface area contributed by atoms with Gasteiger partial charge in [0.05, 0.1) is 17.3 Å². The third-order valence-electron chi connectivity index (χ3n) is 5.43. The van der Waals surface area contributed by atoms with Crippen molar-refractivity contribution >= 4 is 5.78 Å². The van der Waals surface area contributed by atoms with Crippen molar-refractivity contribution in [3.8, 4) is 0 Å². The first kappa shape index (κ1) is 26.1. The number of ether oxygens (including phenoxy) is 2. The lowest BCUT2D eigenvalue weighted by atomic mass is 9.70. The van der Waals surface area contributed by atoms with E-state index < -0.39 is 17.1 Å². The summed E-state index contributed by atoms with van der Waals surface area (Å²) in [6.07, 6.45) is 2.63. The molecule has 0 aliphatic carbocycles. The molecule has 0 aromatic rings. The van der Waals surface area contributed by atoms with Gasteiger partial charge in [0, 0.05) is 10.8 Å². The molecule has 158 valence electrons. The molecule has 0 amide bonds. The molecule has 2 atom stereocenters. The molecule has 0 fully saturated rings. The van der Waals surface area contributed by atoms with Crippen molar-refractivity contribution in [1.82, 2.24) is 0 Å². The fraction of sp³-hybridized carbons (Fsp3) is 0.792. The molecule has 0 N–H and O–H groups in total. The molecule has 0 saturated heterocycles. The van der Waals surface area contributed by atoms with E-state index in [9.17, 15) is 4.79 Å². The highest BCUT2D eigenvalue weighted by Gasteiger charge is 2.45. The van der Waals surface area contributed by atoms with E-state index in [1.807, 2.05) is 68.4 Å². The minimum atomic E-state index is -0.591. The summed E-state index contributed by atoms with van der Waals surface area (Å²) in [6, 6.07) is 0. The molecule has 2 unspecified atom stereocenters. The van der Waals surface area contributed by atoms with Crippen LogP contribution in [0.1, 0.15) is 89.0 Å². The van der Waals surface area contributed by atoms with Crippen molar-refractivity contribution in [1.29, 1.82) is 0 Å². The molecule has 3 nitrogen and oxygen atoms in total. The van der Waals surface area contributed by atoms with Gasteiger partial charge in [-0.3, -0.25) is 4.79 Å². The number of allylic oxidation sites excluding steroid dienone is 1. The Hall–Kier alpha value is -0.930. The van der Waals surface area contributed by atoms with Gasteiger partial charge in [-0.2, -0.15) is 0 Å². The summed E-state index contributed by atoms with van der Waals surface area (Å²) in [4.78, 5) is 13.0. The van der Waals surface area contributed by atoms with Crippen LogP contribution >= 0.6 is 0 Å². The van der Waals surface area contributed by atoms with Crippen molar-refractivity contribution in [2.75, 3.05) is 0 Å². The molecule has 0 aromatic heterocycles. The standard InChI is InChI=1S/C24H44O3/c1-14-15-16-19(20(25)21(4,5)6)27-24(12,13)23(10,11)17(2)18(3)26-22(7,8)9/h14,18-19H,1-2,15-16H2,3-13H3. The van der Waals surface area contributed by atoms with Gasteiger partial charge in [0.1, 0.15) is 6.10 Å². The van der Waals surface area contributed by atoms with Gasteiger partial charge in [0.15, 0.2) is 5.78 Å². The third-order valence-corrected chi connectivity index (χ3v) is 5.43. The molecular weight excluding hydrogens is 336 g/mol. The summed E-state index contributed by atoms with van der Waals surface area (Å²) in [7, 11) is 0. The SMILES string of the molecule is C=CCCC(OC(C)(C)C(C)(C)C(=C)C(C)OC(C)(C)C)C(=O)C(C)(C)C. The molecule has 0 spiro atoms. The number of carbonyl (C=O) groups is 1. The van der Waals surface area contributed by atoms with Crippen LogP contribution in [0.2, 0.25) is 0 Å². The topological polar surface area (TPSA) is 35.5 Å². The van der Waals surface area contributed by atoms with Gasteiger partial charge in [-0.15, -0.1) is 6.58 Å². The van der Waals surface area contributed by atoms with Crippen LogP contribution in [0.3, 0.4) is 0 Å². The highest BCUT2D eigenvalue weighted by molar-refractivity contribution is 5.87. The predicted molar refractivity (Wildman–Crippen MR) is 116 cm³/mol. The number of rotatable bonds is 10. The van der Waals surface area contributed by atoms with Crippen LogP contribution in [0.15, 0.2) is 24.8 Å². The van der Waals surface area contributed by atoms with Crippen molar-refractivity contribution in [2.24, 2.45) is 10.8 Å². The molecule has 0 aliphatic rings. The maximum Gasteiger partial charge on any atom is 0.166 e. The normalized spacial score (nSPS) is 16.0. The first-order valence-corrected chi connectivity index (χ1v) is 10.1. The molecule has 0 bridgehead atoms. The van der Waals surface area contributed by atoms with E-state index in [0.29, 0.717) is 6.42 Å². The Labute approximate surface area is 168 Å². The first-order valence-electron chi connectivity index (χ1n) is 10.1. The smallest absolute Gasteiger partial charge is 0.166 e. The molecule has 0 aliphatic heterocycles. The maximum absolute atomic E-state index is 13.0. The van der Waals surface area contributed by atoms with Gasteiger partial charge in [-0.1, -0.05) is 47.3 Å². The minimum Gasteiger partial charge on any atom is -0.369 e. The van der Waals surface area contributed by atoms with E-state index >= 15 is 0 Å². The molecule has 27 heavy (non-hydrogen) atoms. The second-order valence-electron chi connectivity index (χ2n) is 10.6. The molecule has 3 heteroatoms. The fourth-order valence-corrected chi connectivity index (χ4v) is 2.99. The van der Waals surface area contributed by atoms with Crippen molar-refractivity contribution < 1.29 is 14.3 Å². The molecule has 0 saturated carbocycles. The lowest BCUT2D eigenvalue weighted by Crippen LogP contribution is -2.50. The van der Waals surface area contributed by atoms with Crippen LogP contribution in [0.5, 0.6) is 0 Å². The fourth-order valence-electron chi connectivity index (χ4n) is 2.99. The predicted octanol–water partition coefficient (Wildman–Crippen LogP) is 6.52. The summed E-state index contributed by atoms with van der Waals surface area (Å²) < 4.78 is 12.6. The van der Waals surface area contributed by atoms with Gasteiger partial charge in [-0.25, -0.2) is 0 Å².